The molecular weight excluding hydrogens is 359 g/mol. The van der Waals surface area contributed by atoms with Crippen LogP contribution in [0, 0.1) is 5.82 Å². The van der Waals surface area contributed by atoms with Crippen molar-refractivity contribution in [1.29, 1.82) is 0 Å². The normalized spacial score (nSPS) is 15.5. The maximum atomic E-state index is 13.3. The number of halogens is 1. The van der Waals surface area contributed by atoms with E-state index in [1.165, 1.54) is 12.1 Å². The van der Waals surface area contributed by atoms with Crippen LogP contribution in [-0.2, 0) is 4.74 Å². The van der Waals surface area contributed by atoms with Gasteiger partial charge in [0.2, 0.25) is 0 Å². The molecule has 1 aromatic heterocycles. The molecule has 7 heteroatoms. The van der Waals surface area contributed by atoms with Crippen molar-refractivity contribution in [2.24, 2.45) is 4.99 Å². The molecule has 0 spiro atoms. The summed E-state index contributed by atoms with van der Waals surface area (Å²) in [7, 11) is 0. The molecule has 0 saturated carbocycles. The first-order valence-electron chi connectivity index (χ1n) is 9.37. The number of morpholine rings is 1. The number of nitrogens with one attached hydrogen (secondary N) is 2. The molecule has 0 atom stereocenters. The molecule has 3 aromatic rings. The standard InChI is InChI=1S/C21H23FN4O2/c22-15-1-6-18-19(21(27)25-20(18)13-15)14-24-17-4-2-16(3-5-17)23-7-8-26-9-11-28-12-10-26/h1-6,13-14,23,25,27H,7-12H2. The third kappa shape index (κ3) is 4.32. The molecule has 2 aromatic carbocycles. The van der Waals surface area contributed by atoms with Crippen LogP contribution < -0.4 is 5.32 Å². The van der Waals surface area contributed by atoms with Gasteiger partial charge in [-0.3, -0.25) is 9.89 Å². The van der Waals surface area contributed by atoms with Crippen LogP contribution in [0.15, 0.2) is 47.5 Å². The van der Waals surface area contributed by atoms with Crippen molar-refractivity contribution < 1.29 is 14.2 Å². The van der Waals surface area contributed by atoms with Crippen LogP contribution >= 0.6 is 0 Å². The van der Waals surface area contributed by atoms with Gasteiger partial charge >= 0.3 is 0 Å². The van der Waals surface area contributed by atoms with Crippen molar-refractivity contribution in [3.63, 3.8) is 0 Å². The van der Waals surface area contributed by atoms with Gasteiger partial charge in [-0.1, -0.05) is 0 Å². The second-order valence-electron chi connectivity index (χ2n) is 6.76. The zero-order chi connectivity index (χ0) is 19.3. The van der Waals surface area contributed by atoms with Crippen LogP contribution in [0.3, 0.4) is 0 Å². The van der Waals surface area contributed by atoms with Gasteiger partial charge in [0.15, 0.2) is 5.88 Å². The van der Waals surface area contributed by atoms with Crippen LogP contribution in [0.1, 0.15) is 5.56 Å². The van der Waals surface area contributed by atoms with Gasteiger partial charge in [0.05, 0.1) is 30.0 Å². The number of rotatable bonds is 6. The van der Waals surface area contributed by atoms with E-state index in [-0.39, 0.29) is 11.7 Å². The Morgan fingerprint density at radius 1 is 1.18 bits per heavy atom. The number of aromatic amines is 1. The van der Waals surface area contributed by atoms with Gasteiger partial charge in [0.1, 0.15) is 5.82 Å². The van der Waals surface area contributed by atoms with Gasteiger partial charge in [-0.25, -0.2) is 4.39 Å². The van der Waals surface area contributed by atoms with Crippen LogP contribution in [0.5, 0.6) is 5.88 Å². The minimum absolute atomic E-state index is 0.0225. The van der Waals surface area contributed by atoms with E-state index in [9.17, 15) is 9.50 Å². The molecule has 3 N–H and O–H groups in total. The van der Waals surface area contributed by atoms with Crippen molar-refractivity contribution in [1.82, 2.24) is 9.88 Å². The second kappa shape index (κ2) is 8.41. The monoisotopic (exact) mass is 382 g/mol. The van der Waals surface area contributed by atoms with E-state index < -0.39 is 0 Å². The molecule has 0 amide bonds. The third-order valence-electron chi connectivity index (χ3n) is 4.85. The summed E-state index contributed by atoms with van der Waals surface area (Å²) in [5, 5.41) is 14.2. The van der Waals surface area contributed by atoms with E-state index in [1.807, 2.05) is 24.3 Å². The molecule has 2 heterocycles. The number of aromatic nitrogens is 1. The zero-order valence-corrected chi connectivity index (χ0v) is 15.5. The Bertz CT molecular complexity index is 962. The van der Waals surface area contributed by atoms with E-state index in [0.717, 1.165) is 56.2 Å². The molecule has 4 rings (SSSR count). The Morgan fingerprint density at radius 2 is 1.96 bits per heavy atom. The Morgan fingerprint density at radius 3 is 2.75 bits per heavy atom. The van der Waals surface area contributed by atoms with Crippen molar-refractivity contribution in [2.75, 3.05) is 44.7 Å². The average molecular weight is 382 g/mol. The number of anilines is 1. The molecule has 0 aliphatic carbocycles. The predicted molar refractivity (Wildman–Crippen MR) is 109 cm³/mol. The number of aliphatic imine (C=N–C) groups is 1. The lowest BCUT2D eigenvalue weighted by Gasteiger charge is -2.26. The summed E-state index contributed by atoms with van der Waals surface area (Å²) in [5.41, 5.74) is 2.90. The van der Waals surface area contributed by atoms with Gasteiger partial charge in [0, 0.05) is 43.5 Å². The topological polar surface area (TPSA) is 72.9 Å². The van der Waals surface area contributed by atoms with Gasteiger partial charge < -0.3 is 20.1 Å². The molecule has 146 valence electrons. The molecule has 1 fully saturated rings. The fraction of sp³-hybridized carbons (Fsp3) is 0.286. The van der Waals surface area contributed by atoms with Crippen molar-refractivity contribution >= 4 is 28.5 Å². The van der Waals surface area contributed by atoms with Crippen molar-refractivity contribution in [2.45, 2.75) is 0 Å². The highest BCUT2D eigenvalue weighted by atomic mass is 19.1. The molecule has 0 unspecified atom stereocenters. The fourth-order valence-corrected chi connectivity index (χ4v) is 3.30. The van der Waals surface area contributed by atoms with Gasteiger partial charge in [-0.15, -0.1) is 0 Å². The fourth-order valence-electron chi connectivity index (χ4n) is 3.30. The van der Waals surface area contributed by atoms with Gasteiger partial charge in [-0.05, 0) is 42.5 Å². The van der Waals surface area contributed by atoms with Gasteiger partial charge in [-0.2, -0.15) is 0 Å². The van der Waals surface area contributed by atoms with Crippen LogP contribution in [-0.4, -0.2) is 60.6 Å². The SMILES string of the molecule is Oc1[nH]c2cc(F)ccc2c1C=Nc1ccc(NCCN2CCOCC2)cc1. The number of fused-ring (bicyclic) bond motifs is 1. The summed E-state index contributed by atoms with van der Waals surface area (Å²) in [4.78, 5) is 9.58. The van der Waals surface area contributed by atoms with E-state index in [0.29, 0.717) is 11.1 Å². The first kappa shape index (κ1) is 18.5. The van der Waals surface area contributed by atoms with Crippen molar-refractivity contribution in [3.05, 3.63) is 53.8 Å². The number of aromatic hydroxyl groups is 1. The first-order chi connectivity index (χ1) is 13.7. The summed E-state index contributed by atoms with van der Waals surface area (Å²) in [5.74, 6) is -0.375. The van der Waals surface area contributed by atoms with E-state index >= 15 is 0 Å². The highest BCUT2D eigenvalue weighted by molar-refractivity contribution is 6.02. The molecule has 0 bridgehead atoms. The van der Waals surface area contributed by atoms with Gasteiger partial charge in [0.25, 0.3) is 0 Å². The second-order valence-corrected chi connectivity index (χ2v) is 6.76. The van der Waals surface area contributed by atoms with Crippen LogP contribution in [0.4, 0.5) is 15.8 Å². The summed E-state index contributed by atoms with van der Waals surface area (Å²) in [6, 6.07) is 12.1. The Balaban J connectivity index is 1.37. The quantitative estimate of drug-likeness (QED) is 0.571. The zero-order valence-electron chi connectivity index (χ0n) is 15.5. The summed E-state index contributed by atoms with van der Waals surface area (Å²) < 4.78 is 18.7. The number of H-pyrrole nitrogens is 1. The summed E-state index contributed by atoms with van der Waals surface area (Å²) in [6.45, 7) is 5.47. The number of ether oxygens (including phenoxy) is 1. The molecule has 6 nitrogen and oxygen atoms in total. The number of benzene rings is 2. The summed E-state index contributed by atoms with van der Waals surface area (Å²) in [6.07, 6.45) is 1.59. The Kier molecular flexibility index (Phi) is 5.55. The Labute approximate surface area is 162 Å². The average Bonchev–Trinajstić information content (AvgIpc) is 3.02. The molecule has 1 saturated heterocycles. The molecule has 1 aliphatic heterocycles. The van der Waals surface area contributed by atoms with Crippen LogP contribution in [0.25, 0.3) is 10.9 Å². The molecule has 0 radical (unpaired) electrons. The van der Waals surface area contributed by atoms with E-state index in [4.69, 9.17) is 4.74 Å². The lowest BCUT2D eigenvalue weighted by molar-refractivity contribution is 0.0398. The molecular formula is C21H23FN4O2. The highest BCUT2D eigenvalue weighted by Crippen LogP contribution is 2.27. The minimum Gasteiger partial charge on any atom is -0.494 e. The lowest BCUT2D eigenvalue weighted by Crippen LogP contribution is -2.38. The largest absolute Gasteiger partial charge is 0.494 e. The maximum absolute atomic E-state index is 13.3. The number of hydrogen-bond donors (Lipinski definition) is 3. The summed E-state index contributed by atoms with van der Waals surface area (Å²) >= 11 is 0. The van der Waals surface area contributed by atoms with E-state index in [2.05, 4.69) is 20.2 Å². The number of hydrogen-bond acceptors (Lipinski definition) is 5. The Hall–Kier alpha value is -2.90. The van der Waals surface area contributed by atoms with Crippen molar-refractivity contribution in [3.8, 4) is 5.88 Å². The number of nitrogens with zero attached hydrogens (tertiary/aromatic N) is 2. The molecule has 28 heavy (non-hydrogen) atoms. The lowest BCUT2D eigenvalue weighted by atomic mass is 10.2. The highest BCUT2D eigenvalue weighted by Gasteiger charge is 2.10. The maximum Gasteiger partial charge on any atom is 0.198 e. The van der Waals surface area contributed by atoms with Crippen LogP contribution in [0.2, 0.25) is 0 Å². The predicted octanol–water partition coefficient (Wildman–Crippen LogP) is 3.51. The first-order valence-corrected chi connectivity index (χ1v) is 9.37. The molecule has 1 aliphatic rings. The van der Waals surface area contributed by atoms with E-state index in [1.54, 1.807) is 12.3 Å². The minimum atomic E-state index is -0.353. The third-order valence-corrected chi connectivity index (χ3v) is 4.85. The smallest absolute Gasteiger partial charge is 0.198 e.